The summed E-state index contributed by atoms with van der Waals surface area (Å²) in [5, 5.41) is 10.6. The molecule has 6 rings (SSSR count). The first-order chi connectivity index (χ1) is 19.2. The first-order valence-electron chi connectivity index (χ1n) is 12.5. The Bertz CT molecular complexity index is 1760. The number of benzene rings is 2. The standard InChI is InChI=1S/C28H23ClFN7O3/c1-15-12-32-21(14-31-15)26(38)35-28(9-10-28)27(39)33-13-17-3-6-19(7-4-17)37-22-8-5-18(30)11-20(22)23(29)24(37)25-34-16(2)40-36-25/h3-8,11-12,14H,9-10,13H2,1-2H3,(H,33,39)(H,35,38). The summed E-state index contributed by atoms with van der Waals surface area (Å²) in [6, 6.07) is 11.8. The average molecular weight is 560 g/mol. The van der Waals surface area contributed by atoms with Gasteiger partial charge in [-0.2, -0.15) is 4.98 Å². The van der Waals surface area contributed by atoms with Gasteiger partial charge in [-0.05, 0) is 55.7 Å². The topological polar surface area (TPSA) is 128 Å². The molecule has 1 aliphatic carbocycles. The monoisotopic (exact) mass is 559 g/mol. The summed E-state index contributed by atoms with van der Waals surface area (Å²) in [7, 11) is 0. The zero-order chi connectivity index (χ0) is 28.0. The molecule has 0 saturated heterocycles. The number of amides is 2. The molecule has 3 aromatic heterocycles. The van der Waals surface area contributed by atoms with Crippen molar-refractivity contribution in [3.63, 3.8) is 0 Å². The van der Waals surface area contributed by atoms with Crippen molar-refractivity contribution in [2.24, 2.45) is 0 Å². The van der Waals surface area contributed by atoms with Gasteiger partial charge in [-0.3, -0.25) is 14.6 Å². The van der Waals surface area contributed by atoms with Crippen LogP contribution in [0, 0.1) is 19.7 Å². The van der Waals surface area contributed by atoms with Crippen LogP contribution in [0.4, 0.5) is 4.39 Å². The zero-order valence-corrected chi connectivity index (χ0v) is 22.3. The minimum atomic E-state index is -0.947. The van der Waals surface area contributed by atoms with Crippen LogP contribution in [0.3, 0.4) is 0 Å². The maximum atomic E-state index is 14.0. The Labute approximate surface area is 232 Å². The van der Waals surface area contributed by atoms with E-state index >= 15 is 0 Å². The summed E-state index contributed by atoms with van der Waals surface area (Å²) in [4.78, 5) is 38.0. The first-order valence-corrected chi connectivity index (χ1v) is 12.9. The van der Waals surface area contributed by atoms with E-state index in [1.807, 2.05) is 28.8 Å². The molecular formula is C28H23ClFN7O3. The van der Waals surface area contributed by atoms with Gasteiger partial charge in [0.15, 0.2) is 0 Å². The Hall–Kier alpha value is -4.64. The number of nitrogens with zero attached hydrogens (tertiary/aromatic N) is 5. The third kappa shape index (κ3) is 4.68. The molecule has 0 bridgehead atoms. The summed E-state index contributed by atoms with van der Waals surface area (Å²) in [6.07, 6.45) is 3.99. The van der Waals surface area contributed by atoms with Crippen molar-refractivity contribution in [2.45, 2.75) is 38.8 Å². The van der Waals surface area contributed by atoms with E-state index in [9.17, 15) is 14.0 Å². The largest absolute Gasteiger partial charge is 0.350 e. The second-order valence-corrected chi connectivity index (χ2v) is 10.1. The van der Waals surface area contributed by atoms with E-state index in [4.69, 9.17) is 16.1 Å². The molecule has 2 N–H and O–H groups in total. The van der Waals surface area contributed by atoms with Gasteiger partial charge in [-0.25, -0.2) is 9.37 Å². The van der Waals surface area contributed by atoms with Crippen LogP contribution in [-0.4, -0.2) is 42.0 Å². The van der Waals surface area contributed by atoms with E-state index < -0.39 is 17.3 Å². The van der Waals surface area contributed by atoms with Crippen LogP contribution in [0.15, 0.2) is 59.4 Å². The van der Waals surface area contributed by atoms with E-state index in [1.54, 1.807) is 19.9 Å². The Kier molecular flexibility index (Phi) is 6.30. The molecule has 40 heavy (non-hydrogen) atoms. The highest BCUT2D eigenvalue weighted by Gasteiger charge is 2.51. The number of hydrogen-bond acceptors (Lipinski definition) is 7. The highest BCUT2D eigenvalue weighted by Crippen LogP contribution is 2.39. The lowest BCUT2D eigenvalue weighted by Crippen LogP contribution is -2.49. The SMILES string of the molecule is Cc1cnc(C(=O)NC2(C(=O)NCc3ccc(-n4c(-c5noc(C)n5)c(Cl)c5cc(F)ccc54)cc3)CC2)cn1. The molecule has 0 aliphatic heterocycles. The number of aryl methyl sites for hydroxylation is 2. The minimum absolute atomic E-state index is 0.163. The predicted octanol–water partition coefficient (Wildman–Crippen LogP) is 4.46. The molecule has 3 heterocycles. The van der Waals surface area contributed by atoms with Gasteiger partial charge in [-0.1, -0.05) is 28.9 Å². The normalized spacial score (nSPS) is 13.8. The third-order valence-electron chi connectivity index (χ3n) is 6.81. The molecule has 2 aromatic carbocycles. The maximum absolute atomic E-state index is 14.0. The fourth-order valence-corrected chi connectivity index (χ4v) is 4.85. The number of nitrogens with one attached hydrogen (secondary N) is 2. The number of halogens is 2. The first kappa shape index (κ1) is 25.6. The van der Waals surface area contributed by atoms with Crippen molar-refractivity contribution >= 4 is 34.3 Å². The molecule has 1 aliphatic rings. The number of hydrogen-bond donors (Lipinski definition) is 2. The Morgan fingerprint density at radius 3 is 2.52 bits per heavy atom. The van der Waals surface area contributed by atoms with Gasteiger partial charge in [0.2, 0.25) is 17.6 Å². The second kappa shape index (κ2) is 9.83. The molecule has 1 saturated carbocycles. The Balaban J connectivity index is 1.20. The number of fused-ring (bicyclic) bond motifs is 1. The van der Waals surface area contributed by atoms with E-state index in [0.717, 1.165) is 11.3 Å². The quantitative estimate of drug-likeness (QED) is 0.301. The molecular weight excluding hydrogens is 537 g/mol. The molecule has 5 aromatic rings. The molecule has 1 fully saturated rings. The van der Waals surface area contributed by atoms with Crippen molar-refractivity contribution in [1.82, 2.24) is 35.3 Å². The van der Waals surface area contributed by atoms with Gasteiger partial charge in [-0.15, -0.1) is 0 Å². The lowest BCUT2D eigenvalue weighted by molar-refractivity contribution is -0.124. The fourth-order valence-electron chi connectivity index (χ4n) is 4.53. The van der Waals surface area contributed by atoms with E-state index in [0.29, 0.717) is 46.0 Å². The lowest BCUT2D eigenvalue weighted by Gasteiger charge is -2.17. The van der Waals surface area contributed by atoms with Gasteiger partial charge in [0, 0.05) is 30.7 Å². The summed E-state index contributed by atoms with van der Waals surface area (Å²) < 4.78 is 21.1. The molecule has 12 heteroatoms. The predicted molar refractivity (Wildman–Crippen MR) is 144 cm³/mol. The van der Waals surface area contributed by atoms with Gasteiger partial charge < -0.3 is 19.7 Å². The molecule has 10 nitrogen and oxygen atoms in total. The molecule has 0 radical (unpaired) electrons. The van der Waals surface area contributed by atoms with Gasteiger partial charge in [0.25, 0.3) is 5.91 Å². The number of rotatable bonds is 7. The molecule has 0 atom stereocenters. The summed E-state index contributed by atoms with van der Waals surface area (Å²) in [5.41, 5.74) is 2.65. The van der Waals surface area contributed by atoms with E-state index in [1.165, 1.54) is 24.5 Å². The molecule has 0 spiro atoms. The summed E-state index contributed by atoms with van der Waals surface area (Å²) >= 11 is 6.68. The van der Waals surface area contributed by atoms with Crippen LogP contribution in [0.1, 0.15) is 40.5 Å². The van der Waals surface area contributed by atoms with Gasteiger partial charge in [0.05, 0.1) is 22.4 Å². The number of carbonyl (C=O) groups excluding carboxylic acids is 2. The third-order valence-corrected chi connectivity index (χ3v) is 7.19. The molecule has 2 amide bonds. The number of aromatic nitrogens is 5. The van der Waals surface area contributed by atoms with E-state index in [2.05, 4.69) is 30.7 Å². The smallest absolute Gasteiger partial charge is 0.272 e. The lowest BCUT2D eigenvalue weighted by atomic mass is 10.1. The molecule has 202 valence electrons. The van der Waals surface area contributed by atoms with Gasteiger partial charge >= 0.3 is 0 Å². The van der Waals surface area contributed by atoms with Crippen LogP contribution in [0.25, 0.3) is 28.1 Å². The van der Waals surface area contributed by atoms with E-state index in [-0.39, 0.29) is 24.0 Å². The highest BCUT2D eigenvalue weighted by atomic mass is 35.5. The van der Waals surface area contributed by atoms with Crippen molar-refractivity contribution in [2.75, 3.05) is 0 Å². The highest BCUT2D eigenvalue weighted by molar-refractivity contribution is 6.38. The van der Waals surface area contributed by atoms with Gasteiger partial charge in [0.1, 0.15) is 22.7 Å². The fraction of sp³-hybridized carbons (Fsp3) is 0.214. The van der Waals surface area contributed by atoms with Crippen LogP contribution < -0.4 is 10.6 Å². The van der Waals surface area contributed by atoms with Crippen molar-refractivity contribution < 1.29 is 18.5 Å². The summed E-state index contributed by atoms with van der Waals surface area (Å²) in [5.74, 6) is -0.454. The zero-order valence-electron chi connectivity index (χ0n) is 21.5. The van der Waals surface area contributed by atoms with Crippen molar-refractivity contribution in [3.8, 4) is 17.2 Å². The number of carbonyl (C=O) groups is 2. The Morgan fingerprint density at radius 2 is 1.88 bits per heavy atom. The van der Waals surface area contributed by atoms with Crippen LogP contribution in [0.5, 0.6) is 0 Å². The Morgan fingerprint density at radius 1 is 1.10 bits per heavy atom. The van der Waals surface area contributed by atoms with Crippen LogP contribution in [0.2, 0.25) is 5.02 Å². The van der Waals surface area contributed by atoms with Crippen LogP contribution in [-0.2, 0) is 11.3 Å². The van der Waals surface area contributed by atoms with Crippen LogP contribution >= 0.6 is 11.6 Å². The maximum Gasteiger partial charge on any atom is 0.272 e. The second-order valence-electron chi connectivity index (χ2n) is 9.72. The summed E-state index contributed by atoms with van der Waals surface area (Å²) in [6.45, 7) is 3.71. The van der Waals surface area contributed by atoms with Crippen molar-refractivity contribution in [1.29, 1.82) is 0 Å². The minimum Gasteiger partial charge on any atom is -0.350 e. The van der Waals surface area contributed by atoms with Crippen molar-refractivity contribution in [3.05, 3.63) is 88.5 Å². The average Bonchev–Trinajstić information content (AvgIpc) is 3.52. The molecule has 0 unspecified atom stereocenters.